The van der Waals surface area contributed by atoms with Gasteiger partial charge in [0.25, 0.3) is 5.91 Å². The van der Waals surface area contributed by atoms with E-state index in [1.54, 1.807) is 0 Å². The number of hydrogen-bond donors (Lipinski definition) is 1. The maximum atomic E-state index is 12.7. The summed E-state index contributed by atoms with van der Waals surface area (Å²) in [5.74, 6) is 0.0580. The van der Waals surface area contributed by atoms with Gasteiger partial charge in [0, 0.05) is 31.0 Å². The van der Waals surface area contributed by atoms with E-state index in [0.717, 1.165) is 50.3 Å². The molecular formula is C23H29N3O2. The molecule has 0 aromatic heterocycles. The molecule has 2 heterocycles. The molecule has 5 nitrogen and oxygen atoms in total. The van der Waals surface area contributed by atoms with Gasteiger partial charge in [-0.25, -0.2) is 0 Å². The molecule has 1 atom stereocenters. The molecule has 2 aliphatic heterocycles. The van der Waals surface area contributed by atoms with Crippen molar-refractivity contribution in [3.05, 3.63) is 60.2 Å². The quantitative estimate of drug-likeness (QED) is 0.830. The topological polar surface area (TPSA) is 58.8 Å². The fourth-order valence-electron chi connectivity index (χ4n) is 4.31. The van der Waals surface area contributed by atoms with Crippen LogP contribution in [0.2, 0.25) is 0 Å². The van der Waals surface area contributed by atoms with Crippen LogP contribution in [0, 0.1) is 0 Å². The molecule has 0 bridgehead atoms. The van der Waals surface area contributed by atoms with Crippen LogP contribution >= 0.6 is 0 Å². The smallest absolute Gasteiger partial charge is 0.255 e. The number of likely N-dealkylation sites (tertiary alicyclic amines) is 1. The van der Waals surface area contributed by atoms with Gasteiger partial charge in [0.1, 0.15) is 6.10 Å². The summed E-state index contributed by atoms with van der Waals surface area (Å²) in [6.45, 7) is 5.56. The van der Waals surface area contributed by atoms with Crippen molar-refractivity contribution in [1.29, 1.82) is 0 Å². The number of amides is 1. The minimum absolute atomic E-state index is 0.0580. The van der Waals surface area contributed by atoms with Gasteiger partial charge in [-0.15, -0.1) is 0 Å². The number of hydrogen-bond acceptors (Lipinski definition) is 4. The second kappa shape index (κ2) is 7.94. The molecule has 0 aliphatic carbocycles. The minimum Gasteiger partial charge on any atom is -0.399 e. The normalized spacial score (nSPS) is 22.5. The van der Waals surface area contributed by atoms with Gasteiger partial charge in [0.2, 0.25) is 0 Å². The number of rotatable bonds is 4. The summed E-state index contributed by atoms with van der Waals surface area (Å²) in [6.07, 6.45) is 2.54. The first-order chi connectivity index (χ1) is 13.5. The van der Waals surface area contributed by atoms with Crippen molar-refractivity contribution < 1.29 is 9.53 Å². The highest BCUT2D eigenvalue weighted by Gasteiger charge is 2.45. The van der Waals surface area contributed by atoms with Gasteiger partial charge in [-0.3, -0.25) is 4.79 Å². The van der Waals surface area contributed by atoms with Gasteiger partial charge >= 0.3 is 0 Å². The molecule has 1 unspecified atom stereocenters. The Morgan fingerprint density at radius 3 is 2.43 bits per heavy atom. The summed E-state index contributed by atoms with van der Waals surface area (Å²) in [5, 5.41) is 0. The van der Waals surface area contributed by atoms with Crippen molar-refractivity contribution in [3.63, 3.8) is 0 Å². The van der Waals surface area contributed by atoms with E-state index >= 15 is 0 Å². The van der Waals surface area contributed by atoms with Crippen LogP contribution in [0.5, 0.6) is 0 Å². The van der Waals surface area contributed by atoms with Gasteiger partial charge in [-0.2, -0.15) is 0 Å². The maximum Gasteiger partial charge on any atom is 0.255 e. The Bertz CT molecular complexity index is 798. The Labute approximate surface area is 167 Å². The molecule has 148 valence electrons. The lowest BCUT2D eigenvalue weighted by atomic mass is 9.88. The van der Waals surface area contributed by atoms with Crippen LogP contribution < -0.4 is 10.6 Å². The first-order valence-electron chi connectivity index (χ1n) is 10.2. The van der Waals surface area contributed by atoms with E-state index in [2.05, 4.69) is 17.0 Å². The maximum absolute atomic E-state index is 12.7. The van der Waals surface area contributed by atoms with E-state index < -0.39 is 6.10 Å². The predicted molar refractivity (Wildman–Crippen MR) is 112 cm³/mol. The number of benzene rings is 2. The monoisotopic (exact) mass is 379 g/mol. The fourth-order valence-corrected chi connectivity index (χ4v) is 4.31. The summed E-state index contributed by atoms with van der Waals surface area (Å²) < 4.78 is 6.27. The number of nitrogen functional groups attached to an aromatic ring is 1. The molecule has 2 aromatic rings. The van der Waals surface area contributed by atoms with Crippen molar-refractivity contribution in [2.24, 2.45) is 0 Å². The lowest BCUT2D eigenvalue weighted by Crippen LogP contribution is -2.61. The second-order valence-electron chi connectivity index (χ2n) is 8.04. The van der Waals surface area contributed by atoms with Gasteiger partial charge in [-0.05, 0) is 56.0 Å². The summed E-state index contributed by atoms with van der Waals surface area (Å²) in [7, 11) is 0. The number of morpholine rings is 1. The van der Waals surface area contributed by atoms with E-state index in [4.69, 9.17) is 10.5 Å². The zero-order valence-electron chi connectivity index (χ0n) is 16.5. The van der Waals surface area contributed by atoms with Crippen LogP contribution in [0.3, 0.4) is 0 Å². The lowest BCUT2D eigenvalue weighted by molar-refractivity contribution is -0.161. The van der Waals surface area contributed by atoms with Crippen molar-refractivity contribution >= 4 is 17.3 Å². The van der Waals surface area contributed by atoms with E-state index in [9.17, 15) is 4.79 Å². The Morgan fingerprint density at radius 2 is 1.75 bits per heavy atom. The second-order valence-corrected chi connectivity index (χ2v) is 8.04. The Balaban J connectivity index is 1.37. The van der Waals surface area contributed by atoms with E-state index in [-0.39, 0.29) is 11.5 Å². The molecule has 2 fully saturated rings. The van der Waals surface area contributed by atoms with Crippen LogP contribution in [-0.4, -0.2) is 48.7 Å². The third-order valence-corrected chi connectivity index (χ3v) is 6.02. The summed E-state index contributed by atoms with van der Waals surface area (Å²) in [5.41, 5.74) is 8.62. The first kappa shape index (κ1) is 19.0. The first-order valence-corrected chi connectivity index (χ1v) is 10.2. The van der Waals surface area contributed by atoms with Crippen LogP contribution in [0.25, 0.3) is 0 Å². The van der Waals surface area contributed by atoms with Gasteiger partial charge < -0.3 is 20.3 Å². The van der Waals surface area contributed by atoms with Crippen molar-refractivity contribution in [2.75, 3.05) is 36.8 Å². The van der Waals surface area contributed by atoms with Gasteiger partial charge in [0.15, 0.2) is 0 Å². The number of carbonyl (C=O) groups excluding carboxylic acids is 1. The highest BCUT2D eigenvalue weighted by Crippen LogP contribution is 2.35. The molecule has 1 spiro atoms. The number of anilines is 2. The zero-order valence-corrected chi connectivity index (χ0v) is 16.5. The van der Waals surface area contributed by atoms with Crippen LogP contribution in [0.15, 0.2) is 54.6 Å². The van der Waals surface area contributed by atoms with Gasteiger partial charge in [-0.1, -0.05) is 30.3 Å². The van der Waals surface area contributed by atoms with Crippen LogP contribution in [-0.2, 0) is 16.0 Å². The van der Waals surface area contributed by atoms with E-state index in [0.29, 0.717) is 6.54 Å². The third-order valence-electron chi connectivity index (χ3n) is 6.02. The lowest BCUT2D eigenvalue weighted by Gasteiger charge is -2.49. The SMILES string of the molecule is CC1OC2(CCN(CCc3ccc(N)cc3)CC2)CN(c2ccccc2)C1=O. The van der Waals surface area contributed by atoms with Crippen LogP contribution in [0.4, 0.5) is 11.4 Å². The average molecular weight is 380 g/mol. The summed E-state index contributed by atoms with van der Waals surface area (Å²) >= 11 is 0. The third kappa shape index (κ3) is 4.05. The summed E-state index contributed by atoms with van der Waals surface area (Å²) in [6, 6.07) is 18.1. The number of para-hydroxylation sites is 1. The molecule has 1 amide bonds. The number of nitrogens with zero attached hydrogens (tertiary/aromatic N) is 2. The Kier molecular flexibility index (Phi) is 5.38. The number of nitrogens with two attached hydrogens (primary N) is 1. The molecule has 2 aliphatic rings. The fraction of sp³-hybridized carbons (Fsp3) is 0.435. The Hall–Kier alpha value is -2.37. The molecule has 0 radical (unpaired) electrons. The molecule has 2 aromatic carbocycles. The van der Waals surface area contributed by atoms with Crippen molar-refractivity contribution in [1.82, 2.24) is 4.90 Å². The number of piperidine rings is 1. The molecule has 2 saturated heterocycles. The zero-order chi connectivity index (χ0) is 19.6. The van der Waals surface area contributed by atoms with Gasteiger partial charge in [0.05, 0.1) is 12.1 Å². The molecule has 28 heavy (non-hydrogen) atoms. The average Bonchev–Trinajstić information content (AvgIpc) is 2.72. The number of carbonyl (C=O) groups is 1. The summed E-state index contributed by atoms with van der Waals surface area (Å²) in [4.78, 5) is 17.1. The molecule has 5 heteroatoms. The standard InChI is InChI=1S/C23H29N3O2/c1-18-22(27)26(21-5-3-2-4-6-21)17-23(28-18)12-15-25(16-13-23)14-11-19-7-9-20(24)10-8-19/h2-10,18H,11-17,24H2,1H3. The van der Waals surface area contributed by atoms with E-state index in [1.807, 2.05) is 54.3 Å². The Morgan fingerprint density at radius 1 is 1.07 bits per heavy atom. The van der Waals surface area contributed by atoms with Crippen molar-refractivity contribution in [2.45, 2.75) is 37.9 Å². The van der Waals surface area contributed by atoms with Crippen molar-refractivity contribution in [3.8, 4) is 0 Å². The largest absolute Gasteiger partial charge is 0.399 e. The highest BCUT2D eigenvalue weighted by molar-refractivity contribution is 5.97. The number of ether oxygens (including phenoxy) is 1. The van der Waals surface area contributed by atoms with E-state index in [1.165, 1.54) is 5.56 Å². The van der Waals surface area contributed by atoms with Crippen LogP contribution in [0.1, 0.15) is 25.3 Å². The molecule has 0 saturated carbocycles. The molecular weight excluding hydrogens is 350 g/mol. The molecule has 4 rings (SSSR count). The predicted octanol–water partition coefficient (Wildman–Crippen LogP) is 3.10. The molecule has 2 N–H and O–H groups in total. The minimum atomic E-state index is -0.393. The highest BCUT2D eigenvalue weighted by atomic mass is 16.5.